The molecule has 1 rings (SSSR count). The van der Waals surface area contributed by atoms with Crippen LogP contribution in [0, 0.1) is 0 Å². The number of rotatable bonds is 2. The average molecular weight is 171 g/mol. The molecule has 1 heterocycles. The van der Waals surface area contributed by atoms with E-state index in [0.717, 1.165) is 32.4 Å². The van der Waals surface area contributed by atoms with Crippen LogP contribution in [0.1, 0.15) is 25.7 Å². The number of hydrogen-bond donors (Lipinski definition) is 1. The summed E-state index contributed by atoms with van der Waals surface area (Å²) in [6, 6.07) is 0. The standard InChI is InChI=1S/C8H13NO3/c10-7(6-8(11)12)9-4-2-1-3-5-9/h1-6H2,(H,11,12). The van der Waals surface area contributed by atoms with E-state index in [1.807, 2.05) is 0 Å². The third-order valence-electron chi connectivity index (χ3n) is 2.01. The second kappa shape index (κ2) is 4.09. The second-order valence-electron chi connectivity index (χ2n) is 3.01. The molecule has 0 atom stereocenters. The maximum absolute atomic E-state index is 11.2. The lowest BCUT2D eigenvalue weighted by atomic mass is 10.1. The summed E-state index contributed by atoms with van der Waals surface area (Å²) in [5.41, 5.74) is 0. The molecule has 1 N–H and O–H groups in total. The zero-order valence-electron chi connectivity index (χ0n) is 6.95. The fraction of sp³-hybridized carbons (Fsp3) is 0.750. The summed E-state index contributed by atoms with van der Waals surface area (Å²) in [5.74, 6) is -1.28. The summed E-state index contributed by atoms with van der Waals surface area (Å²) in [4.78, 5) is 23.0. The van der Waals surface area contributed by atoms with Gasteiger partial charge in [0.2, 0.25) is 5.91 Å². The van der Waals surface area contributed by atoms with Crippen LogP contribution in [-0.4, -0.2) is 35.0 Å². The molecule has 0 aromatic carbocycles. The molecule has 1 aliphatic rings. The Bertz CT molecular complexity index is 185. The Morgan fingerprint density at radius 1 is 1.17 bits per heavy atom. The predicted molar refractivity (Wildman–Crippen MR) is 42.7 cm³/mol. The molecule has 0 saturated carbocycles. The highest BCUT2D eigenvalue weighted by atomic mass is 16.4. The molecule has 0 aliphatic carbocycles. The van der Waals surface area contributed by atoms with Crippen molar-refractivity contribution in [1.29, 1.82) is 0 Å². The van der Waals surface area contributed by atoms with Gasteiger partial charge >= 0.3 is 5.97 Å². The Balaban J connectivity index is 2.34. The Morgan fingerprint density at radius 3 is 2.25 bits per heavy atom. The van der Waals surface area contributed by atoms with Gasteiger partial charge < -0.3 is 10.0 Å². The van der Waals surface area contributed by atoms with E-state index in [2.05, 4.69) is 0 Å². The third-order valence-corrected chi connectivity index (χ3v) is 2.01. The minimum Gasteiger partial charge on any atom is -0.481 e. The molecule has 4 heteroatoms. The van der Waals surface area contributed by atoms with Crippen LogP contribution < -0.4 is 0 Å². The SMILES string of the molecule is O=C(O)CC(=O)N1CCCCC1. The minimum absolute atomic E-state index is 0.248. The van der Waals surface area contributed by atoms with Crippen LogP contribution in [-0.2, 0) is 9.59 Å². The highest BCUT2D eigenvalue weighted by Crippen LogP contribution is 2.09. The number of piperidine rings is 1. The molecule has 0 aromatic heterocycles. The number of likely N-dealkylation sites (tertiary alicyclic amines) is 1. The Kier molecular flexibility index (Phi) is 3.08. The molecule has 0 bridgehead atoms. The summed E-state index contributed by atoms with van der Waals surface area (Å²) in [5, 5.41) is 8.37. The van der Waals surface area contributed by atoms with Crippen LogP contribution in [0.25, 0.3) is 0 Å². The number of carboxylic acids is 1. The van der Waals surface area contributed by atoms with Crippen LogP contribution in [0.2, 0.25) is 0 Å². The second-order valence-corrected chi connectivity index (χ2v) is 3.01. The summed E-state index contributed by atoms with van der Waals surface area (Å²) in [6.07, 6.45) is 2.80. The molecule has 0 radical (unpaired) electrons. The van der Waals surface area contributed by atoms with Gasteiger partial charge in [-0.15, -0.1) is 0 Å². The summed E-state index contributed by atoms with van der Waals surface area (Å²) < 4.78 is 0. The summed E-state index contributed by atoms with van der Waals surface area (Å²) >= 11 is 0. The average Bonchev–Trinajstić information content (AvgIpc) is 2.05. The lowest BCUT2D eigenvalue weighted by Gasteiger charge is -2.25. The fourth-order valence-electron chi connectivity index (χ4n) is 1.38. The molecular weight excluding hydrogens is 158 g/mol. The van der Waals surface area contributed by atoms with Gasteiger partial charge in [-0.2, -0.15) is 0 Å². The normalized spacial score (nSPS) is 17.5. The molecule has 0 aromatic rings. The third kappa shape index (κ3) is 2.53. The highest BCUT2D eigenvalue weighted by Gasteiger charge is 2.18. The molecule has 1 amide bonds. The van der Waals surface area contributed by atoms with Gasteiger partial charge in [-0.25, -0.2) is 0 Å². The molecule has 1 aliphatic heterocycles. The molecule has 1 saturated heterocycles. The monoisotopic (exact) mass is 171 g/mol. The van der Waals surface area contributed by atoms with Crippen molar-refractivity contribution in [2.75, 3.05) is 13.1 Å². The molecule has 12 heavy (non-hydrogen) atoms. The van der Waals surface area contributed by atoms with Crippen LogP contribution in [0.5, 0.6) is 0 Å². The van der Waals surface area contributed by atoms with Crippen molar-refractivity contribution < 1.29 is 14.7 Å². The van der Waals surface area contributed by atoms with Crippen molar-refractivity contribution in [2.45, 2.75) is 25.7 Å². The topological polar surface area (TPSA) is 57.6 Å². The van der Waals surface area contributed by atoms with E-state index in [-0.39, 0.29) is 12.3 Å². The first-order valence-electron chi connectivity index (χ1n) is 4.20. The van der Waals surface area contributed by atoms with Gasteiger partial charge in [-0.3, -0.25) is 9.59 Å². The molecule has 0 unspecified atom stereocenters. The molecule has 68 valence electrons. The van der Waals surface area contributed by atoms with Crippen molar-refractivity contribution in [3.05, 3.63) is 0 Å². The van der Waals surface area contributed by atoms with E-state index in [0.29, 0.717) is 0 Å². The van der Waals surface area contributed by atoms with E-state index in [1.165, 1.54) is 0 Å². The first kappa shape index (κ1) is 9.03. The van der Waals surface area contributed by atoms with Crippen LogP contribution >= 0.6 is 0 Å². The molecule has 4 nitrogen and oxygen atoms in total. The zero-order chi connectivity index (χ0) is 8.97. The number of hydrogen-bond acceptors (Lipinski definition) is 2. The van der Waals surface area contributed by atoms with Crippen molar-refractivity contribution in [3.63, 3.8) is 0 Å². The summed E-state index contributed by atoms with van der Waals surface area (Å²) in [6.45, 7) is 1.46. The van der Waals surface area contributed by atoms with E-state index in [4.69, 9.17) is 5.11 Å². The fourth-order valence-corrected chi connectivity index (χ4v) is 1.38. The highest BCUT2D eigenvalue weighted by molar-refractivity contribution is 5.93. The predicted octanol–water partition coefficient (Wildman–Crippen LogP) is 0.474. The maximum atomic E-state index is 11.2. The summed E-state index contributed by atoms with van der Waals surface area (Å²) in [7, 11) is 0. The van der Waals surface area contributed by atoms with Gasteiger partial charge in [0.25, 0.3) is 0 Å². The van der Waals surface area contributed by atoms with Crippen LogP contribution in [0.3, 0.4) is 0 Å². The maximum Gasteiger partial charge on any atom is 0.312 e. The number of carboxylic acid groups (broad SMARTS) is 1. The number of amides is 1. The van der Waals surface area contributed by atoms with E-state index in [1.54, 1.807) is 4.90 Å². The van der Waals surface area contributed by atoms with Gasteiger partial charge in [0.05, 0.1) is 0 Å². The van der Waals surface area contributed by atoms with Gasteiger partial charge in [-0.1, -0.05) is 0 Å². The van der Waals surface area contributed by atoms with Gasteiger partial charge in [-0.05, 0) is 19.3 Å². The number of carbonyl (C=O) groups excluding carboxylic acids is 1. The Labute approximate surface area is 71.2 Å². The lowest BCUT2D eigenvalue weighted by molar-refractivity contribution is -0.144. The lowest BCUT2D eigenvalue weighted by Crippen LogP contribution is -2.36. The van der Waals surface area contributed by atoms with E-state index >= 15 is 0 Å². The largest absolute Gasteiger partial charge is 0.481 e. The van der Waals surface area contributed by atoms with Gasteiger partial charge in [0.1, 0.15) is 6.42 Å². The number of carbonyl (C=O) groups is 2. The van der Waals surface area contributed by atoms with Crippen LogP contribution in [0.15, 0.2) is 0 Å². The van der Waals surface area contributed by atoms with Crippen LogP contribution in [0.4, 0.5) is 0 Å². The molecule has 0 spiro atoms. The van der Waals surface area contributed by atoms with Gasteiger partial charge in [0.15, 0.2) is 0 Å². The quantitative estimate of drug-likeness (QED) is 0.614. The first-order chi connectivity index (χ1) is 5.70. The first-order valence-corrected chi connectivity index (χ1v) is 4.20. The Hall–Kier alpha value is -1.06. The van der Waals surface area contributed by atoms with E-state index < -0.39 is 5.97 Å². The number of aliphatic carboxylic acids is 1. The van der Waals surface area contributed by atoms with Crippen molar-refractivity contribution in [3.8, 4) is 0 Å². The van der Waals surface area contributed by atoms with Crippen molar-refractivity contribution in [1.82, 2.24) is 4.90 Å². The zero-order valence-corrected chi connectivity index (χ0v) is 6.95. The molecular formula is C8H13NO3. The van der Waals surface area contributed by atoms with E-state index in [9.17, 15) is 9.59 Å². The number of nitrogens with zero attached hydrogens (tertiary/aromatic N) is 1. The van der Waals surface area contributed by atoms with Crippen molar-refractivity contribution >= 4 is 11.9 Å². The Morgan fingerprint density at radius 2 is 1.75 bits per heavy atom. The molecule has 1 fully saturated rings. The van der Waals surface area contributed by atoms with Gasteiger partial charge in [0, 0.05) is 13.1 Å². The minimum atomic E-state index is -1.04. The smallest absolute Gasteiger partial charge is 0.312 e. The van der Waals surface area contributed by atoms with Crippen molar-refractivity contribution in [2.24, 2.45) is 0 Å².